The Kier molecular flexibility index (Phi) is 4.57. The van der Waals surface area contributed by atoms with Gasteiger partial charge in [-0.05, 0) is 26.1 Å². The Morgan fingerprint density at radius 1 is 1.37 bits per heavy atom. The summed E-state index contributed by atoms with van der Waals surface area (Å²) in [5, 5.41) is 0. The first-order valence-corrected chi connectivity index (χ1v) is 7.64. The van der Waals surface area contributed by atoms with Crippen molar-refractivity contribution in [2.75, 3.05) is 33.4 Å². The molecule has 1 fully saturated rings. The van der Waals surface area contributed by atoms with Gasteiger partial charge in [0.1, 0.15) is 0 Å². The van der Waals surface area contributed by atoms with Crippen molar-refractivity contribution in [3.63, 3.8) is 0 Å². The average molecular weight is 285 g/mol. The Morgan fingerprint density at radius 3 is 2.68 bits per heavy atom. The summed E-state index contributed by atoms with van der Waals surface area (Å²) in [5.41, 5.74) is 1.01. The predicted octanol–water partition coefficient (Wildman–Crippen LogP) is 1.03. The summed E-state index contributed by atoms with van der Waals surface area (Å²) in [6.45, 7) is 3.99. The maximum Gasteiger partial charge on any atom is 0.297 e. The lowest BCUT2D eigenvalue weighted by Gasteiger charge is -2.31. The van der Waals surface area contributed by atoms with Crippen LogP contribution in [-0.2, 0) is 19.0 Å². The largest absolute Gasteiger partial charge is 0.378 e. The third-order valence-corrected chi connectivity index (χ3v) is 4.54. The molecule has 0 N–H and O–H groups in total. The first kappa shape index (κ1) is 14.5. The van der Waals surface area contributed by atoms with Crippen molar-refractivity contribution >= 4 is 10.1 Å². The van der Waals surface area contributed by atoms with Crippen LogP contribution in [0.1, 0.15) is 5.56 Å². The molecular weight excluding hydrogens is 266 g/mol. The summed E-state index contributed by atoms with van der Waals surface area (Å²) in [7, 11) is -1.74. The molecule has 1 aromatic rings. The monoisotopic (exact) mass is 285 g/mol. The van der Waals surface area contributed by atoms with Gasteiger partial charge in [-0.2, -0.15) is 8.42 Å². The molecule has 0 aromatic heterocycles. The summed E-state index contributed by atoms with van der Waals surface area (Å²) in [6, 6.07) is 6.62. The van der Waals surface area contributed by atoms with Crippen molar-refractivity contribution in [2.24, 2.45) is 0 Å². The Bertz CT molecular complexity index is 512. The van der Waals surface area contributed by atoms with Crippen molar-refractivity contribution in [1.82, 2.24) is 4.90 Å². The molecule has 1 heterocycles. The number of aryl methyl sites for hydroxylation is 1. The Hall–Kier alpha value is -0.950. The van der Waals surface area contributed by atoms with Crippen molar-refractivity contribution < 1.29 is 17.3 Å². The van der Waals surface area contributed by atoms with Crippen LogP contribution in [-0.4, -0.2) is 52.8 Å². The van der Waals surface area contributed by atoms with E-state index in [4.69, 9.17) is 8.92 Å². The molecule has 0 unspecified atom stereocenters. The van der Waals surface area contributed by atoms with E-state index < -0.39 is 10.1 Å². The summed E-state index contributed by atoms with van der Waals surface area (Å²) in [5.74, 6) is 0. The van der Waals surface area contributed by atoms with Gasteiger partial charge < -0.3 is 4.74 Å². The van der Waals surface area contributed by atoms with Gasteiger partial charge in [-0.1, -0.05) is 17.7 Å². The highest BCUT2D eigenvalue weighted by molar-refractivity contribution is 7.86. The fourth-order valence-corrected chi connectivity index (χ4v) is 2.80. The van der Waals surface area contributed by atoms with Gasteiger partial charge in [-0.3, -0.25) is 9.08 Å². The molecule has 1 aliphatic heterocycles. The molecule has 0 aliphatic carbocycles. The first-order valence-electron chi connectivity index (χ1n) is 6.23. The number of morpholine rings is 1. The molecule has 0 saturated carbocycles. The minimum Gasteiger partial charge on any atom is -0.378 e. The molecule has 106 valence electrons. The zero-order valence-corrected chi connectivity index (χ0v) is 12.0. The molecule has 19 heavy (non-hydrogen) atoms. The van der Waals surface area contributed by atoms with Crippen molar-refractivity contribution in [2.45, 2.75) is 17.9 Å². The van der Waals surface area contributed by atoms with Crippen LogP contribution in [0.5, 0.6) is 0 Å². The van der Waals surface area contributed by atoms with Gasteiger partial charge in [0, 0.05) is 6.54 Å². The van der Waals surface area contributed by atoms with Crippen molar-refractivity contribution in [1.29, 1.82) is 0 Å². The molecule has 0 amide bonds. The number of nitrogens with zero attached hydrogens (tertiary/aromatic N) is 1. The number of benzene rings is 1. The number of likely N-dealkylation sites (N-methyl/N-ethyl adjacent to an activating group) is 1. The Morgan fingerprint density at radius 2 is 2.05 bits per heavy atom. The van der Waals surface area contributed by atoms with Gasteiger partial charge in [0.15, 0.2) is 0 Å². The molecule has 0 bridgehead atoms. The van der Waals surface area contributed by atoms with Gasteiger partial charge in [0.25, 0.3) is 10.1 Å². The molecule has 6 heteroatoms. The van der Waals surface area contributed by atoms with Crippen LogP contribution in [0.15, 0.2) is 29.2 Å². The highest BCUT2D eigenvalue weighted by Gasteiger charge is 2.23. The molecular formula is C13H19NO4S. The molecule has 1 aliphatic rings. The topological polar surface area (TPSA) is 55.8 Å². The lowest BCUT2D eigenvalue weighted by Crippen LogP contribution is -2.45. The van der Waals surface area contributed by atoms with Gasteiger partial charge in [0.2, 0.25) is 0 Å². The molecule has 0 radical (unpaired) electrons. The van der Waals surface area contributed by atoms with E-state index in [0.717, 1.165) is 12.1 Å². The van der Waals surface area contributed by atoms with Crippen LogP contribution in [0.25, 0.3) is 0 Å². The van der Waals surface area contributed by atoms with E-state index in [-0.39, 0.29) is 17.5 Å². The van der Waals surface area contributed by atoms with Gasteiger partial charge in [-0.25, -0.2) is 0 Å². The summed E-state index contributed by atoms with van der Waals surface area (Å²) < 4.78 is 34.5. The SMILES string of the molecule is Cc1ccc(S(=O)(=O)OC[C@@H]2COCCN2C)cc1. The quantitative estimate of drug-likeness (QED) is 0.773. The Balaban J connectivity index is 1.99. The molecule has 2 rings (SSSR count). The van der Waals surface area contributed by atoms with Crippen molar-refractivity contribution in [3.05, 3.63) is 29.8 Å². The first-order chi connectivity index (χ1) is 8.99. The van der Waals surface area contributed by atoms with E-state index >= 15 is 0 Å². The van der Waals surface area contributed by atoms with Gasteiger partial charge in [0.05, 0.1) is 30.8 Å². The van der Waals surface area contributed by atoms with Crippen molar-refractivity contribution in [3.8, 4) is 0 Å². The zero-order valence-electron chi connectivity index (χ0n) is 11.2. The molecule has 0 spiro atoms. The van der Waals surface area contributed by atoms with Crippen LogP contribution in [0.2, 0.25) is 0 Å². The lowest BCUT2D eigenvalue weighted by atomic mass is 10.2. The zero-order chi connectivity index (χ0) is 13.9. The maximum absolute atomic E-state index is 12.0. The molecule has 5 nitrogen and oxygen atoms in total. The van der Waals surface area contributed by atoms with Crippen LogP contribution < -0.4 is 0 Å². The fourth-order valence-electron chi connectivity index (χ4n) is 1.85. The summed E-state index contributed by atoms with van der Waals surface area (Å²) >= 11 is 0. The maximum atomic E-state index is 12.0. The predicted molar refractivity (Wildman–Crippen MR) is 71.6 cm³/mol. The van der Waals surface area contributed by atoms with Crippen LogP contribution in [0.3, 0.4) is 0 Å². The highest BCUT2D eigenvalue weighted by Crippen LogP contribution is 2.15. The van der Waals surface area contributed by atoms with Crippen LogP contribution in [0.4, 0.5) is 0 Å². The average Bonchev–Trinajstić information content (AvgIpc) is 2.38. The second-order valence-corrected chi connectivity index (χ2v) is 6.38. The third kappa shape index (κ3) is 3.76. The van der Waals surface area contributed by atoms with E-state index in [1.54, 1.807) is 24.3 Å². The molecule has 1 aromatic carbocycles. The van der Waals surface area contributed by atoms with Crippen LogP contribution >= 0.6 is 0 Å². The smallest absolute Gasteiger partial charge is 0.297 e. The standard InChI is InChI=1S/C13H19NO4S/c1-11-3-5-13(6-4-11)19(15,16)18-10-12-9-17-8-7-14(12)2/h3-6,12H,7-10H2,1-2H3/t12-/m0/s1. The third-order valence-electron chi connectivity index (χ3n) is 3.25. The second kappa shape index (κ2) is 6.00. The normalized spacial score (nSPS) is 21.5. The number of rotatable bonds is 4. The fraction of sp³-hybridized carbons (Fsp3) is 0.538. The van der Waals surface area contributed by atoms with E-state index in [1.165, 1.54) is 0 Å². The Labute approximate surface area is 114 Å². The second-order valence-electron chi connectivity index (χ2n) is 4.76. The molecule has 1 atom stereocenters. The minimum atomic E-state index is -3.68. The summed E-state index contributed by atoms with van der Waals surface area (Å²) in [6.07, 6.45) is 0. The van der Waals surface area contributed by atoms with Crippen LogP contribution in [0, 0.1) is 6.92 Å². The highest BCUT2D eigenvalue weighted by atomic mass is 32.2. The summed E-state index contributed by atoms with van der Waals surface area (Å²) in [4.78, 5) is 2.24. The van der Waals surface area contributed by atoms with E-state index in [9.17, 15) is 8.42 Å². The van der Waals surface area contributed by atoms with Gasteiger partial charge >= 0.3 is 0 Å². The van der Waals surface area contributed by atoms with E-state index in [1.807, 2.05) is 18.9 Å². The van der Waals surface area contributed by atoms with E-state index in [0.29, 0.717) is 13.2 Å². The van der Waals surface area contributed by atoms with Gasteiger partial charge in [-0.15, -0.1) is 0 Å². The lowest BCUT2D eigenvalue weighted by molar-refractivity contribution is -0.00984. The van der Waals surface area contributed by atoms with E-state index in [2.05, 4.69) is 0 Å². The number of hydrogen-bond acceptors (Lipinski definition) is 5. The minimum absolute atomic E-state index is 0.0195. The number of hydrogen-bond donors (Lipinski definition) is 0. The number of ether oxygens (including phenoxy) is 1. The molecule has 1 saturated heterocycles.